The molecular formula is C23H17BrFN3O4. The van der Waals surface area contributed by atoms with E-state index in [1.165, 1.54) is 18.2 Å². The summed E-state index contributed by atoms with van der Waals surface area (Å²) in [4.78, 5) is 36.5. The Hall–Kier alpha value is -3.85. The highest BCUT2D eigenvalue weighted by atomic mass is 79.9. The van der Waals surface area contributed by atoms with Gasteiger partial charge in [-0.2, -0.15) is 5.10 Å². The molecule has 0 aliphatic carbocycles. The number of amides is 2. The fraction of sp³-hybridized carbons (Fsp3) is 0.0435. The molecule has 0 atom stereocenters. The lowest BCUT2D eigenvalue weighted by Gasteiger charge is -2.11. The van der Waals surface area contributed by atoms with Crippen LogP contribution in [0.3, 0.4) is 0 Å². The number of hydrogen-bond acceptors (Lipinski definition) is 5. The van der Waals surface area contributed by atoms with Crippen LogP contribution in [-0.4, -0.2) is 23.5 Å². The highest BCUT2D eigenvalue weighted by Crippen LogP contribution is 2.23. The van der Waals surface area contributed by atoms with Crippen LogP contribution in [0.4, 0.5) is 10.1 Å². The lowest BCUT2D eigenvalue weighted by molar-refractivity contribution is -0.136. The lowest BCUT2D eigenvalue weighted by Crippen LogP contribution is -2.33. The third-order valence-corrected chi connectivity index (χ3v) is 4.92. The summed E-state index contributed by atoms with van der Waals surface area (Å²) in [5, 5.41) is 6.07. The third kappa shape index (κ3) is 5.64. The molecule has 0 spiro atoms. The van der Waals surface area contributed by atoms with Crippen molar-refractivity contribution in [2.75, 3.05) is 5.32 Å². The molecule has 3 rings (SSSR count). The van der Waals surface area contributed by atoms with Crippen molar-refractivity contribution in [1.82, 2.24) is 5.43 Å². The van der Waals surface area contributed by atoms with Crippen LogP contribution in [0.25, 0.3) is 0 Å². The Morgan fingerprint density at radius 1 is 0.875 bits per heavy atom. The number of nitrogens with zero attached hydrogens (tertiary/aromatic N) is 1. The largest absolute Gasteiger partial charge is 0.422 e. The lowest BCUT2D eigenvalue weighted by atomic mass is 10.1. The average molecular weight is 498 g/mol. The summed E-state index contributed by atoms with van der Waals surface area (Å²) in [6.45, 7) is 1.57. The first-order chi connectivity index (χ1) is 15.4. The molecule has 32 heavy (non-hydrogen) atoms. The van der Waals surface area contributed by atoms with Crippen LogP contribution < -0.4 is 15.5 Å². The number of ether oxygens (including phenoxy) is 1. The number of anilines is 1. The van der Waals surface area contributed by atoms with Crippen molar-refractivity contribution in [1.29, 1.82) is 0 Å². The van der Waals surface area contributed by atoms with E-state index in [0.717, 1.165) is 6.07 Å². The van der Waals surface area contributed by atoms with Gasteiger partial charge < -0.3 is 10.1 Å². The third-order valence-electron chi connectivity index (χ3n) is 4.23. The number of rotatable bonds is 5. The van der Waals surface area contributed by atoms with Gasteiger partial charge in [0.05, 0.1) is 17.0 Å². The standard InChI is InChI=1S/C23H17BrFN3O4/c1-14(27-28-22(30)21(29)26-19-12-6-5-11-18(19)25)15-8-3-7-13-20(15)32-23(31)16-9-2-4-10-17(16)24/h2-13H,1H3,(H,26,29)(H,28,30)/b27-14+. The Balaban J connectivity index is 1.71. The Morgan fingerprint density at radius 3 is 2.22 bits per heavy atom. The normalized spacial score (nSPS) is 10.9. The topological polar surface area (TPSA) is 96.9 Å². The second-order valence-electron chi connectivity index (χ2n) is 6.44. The van der Waals surface area contributed by atoms with E-state index in [2.05, 4.69) is 31.8 Å². The monoisotopic (exact) mass is 497 g/mol. The SMILES string of the molecule is C/C(=N\NC(=O)C(=O)Nc1ccccc1F)c1ccccc1OC(=O)c1ccccc1Br. The molecule has 2 N–H and O–H groups in total. The summed E-state index contributed by atoms with van der Waals surface area (Å²) in [5.74, 6) is -3.20. The van der Waals surface area contributed by atoms with Gasteiger partial charge in [-0.05, 0) is 59.3 Å². The zero-order valence-corrected chi connectivity index (χ0v) is 18.4. The zero-order valence-electron chi connectivity index (χ0n) is 16.8. The number of para-hydroxylation sites is 2. The number of benzene rings is 3. The van der Waals surface area contributed by atoms with E-state index in [1.54, 1.807) is 55.5 Å². The number of hydrazone groups is 1. The maximum absolute atomic E-state index is 13.6. The summed E-state index contributed by atoms with van der Waals surface area (Å²) in [7, 11) is 0. The molecule has 3 aromatic carbocycles. The predicted molar refractivity (Wildman–Crippen MR) is 121 cm³/mol. The number of carbonyl (C=O) groups is 3. The molecule has 0 heterocycles. The minimum absolute atomic E-state index is 0.127. The van der Waals surface area contributed by atoms with Crippen molar-refractivity contribution in [2.24, 2.45) is 5.10 Å². The van der Waals surface area contributed by atoms with Crippen LogP contribution in [0.2, 0.25) is 0 Å². The predicted octanol–water partition coefficient (Wildman–Crippen LogP) is 4.29. The van der Waals surface area contributed by atoms with Crippen molar-refractivity contribution < 1.29 is 23.5 Å². The minimum Gasteiger partial charge on any atom is -0.422 e. The minimum atomic E-state index is -1.09. The van der Waals surface area contributed by atoms with E-state index in [1.807, 2.05) is 0 Å². The number of nitrogens with one attached hydrogen (secondary N) is 2. The van der Waals surface area contributed by atoms with E-state index in [9.17, 15) is 18.8 Å². The van der Waals surface area contributed by atoms with Gasteiger partial charge in [-0.15, -0.1) is 0 Å². The van der Waals surface area contributed by atoms with Crippen molar-refractivity contribution in [3.05, 3.63) is 94.2 Å². The van der Waals surface area contributed by atoms with Crippen molar-refractivity contribution in [2.45, 2.75) is 6.92 Å². The van der Waals surface area contributed by atoms with Crippen molar-refractivity contribution >= 4 is 45.1 Å². The molecule has 0 saturated carbocycles. The molecule has 9 heteroatoms. The Bertz CT molecular complexity index is 1210. The molecule has 2 amide bonds. The summed E-state index contributed by atoms with van der Waals surface area (Å²) in [6, 6.07) is 18.9. The molecule has 3 aromatic rings. The maximum atomic E-state index is 13.6. The number of halogens is 2. The van der Waals surface area contributed by atoms with Gasteiger partial charge in [0, 0.05) is 10.0 Å². The molecule has 0 aliphatic heterocycles. The van der Waals surface area contributed by atoms with Crippen molar-refractivity contribution in [3.8, 4) is 5.75 Å². The Morgan fingerprint density at radius 2 is 1.50 bits per heavy atom. The smallest absolute Gasteiger partial charge is 0.344 e. The van der Waals surface area contributed by atoms with Gasteiger partial charge in [-0.3, -0.25) is 9.59 Å². The summed E-state index contributed by atoms with van der Waals surface area (Å²) in [6.07, 6.45) is 0. The molecule has 0 bridgehead atoms. The van der Waals surface area contributed by atoms with E-state index < -0.39 is 23.6 Å². The van der Waals surface area contributed by atoms with Gasteiger partial charge in [0.25, 0.3) is 0 Å². The van der Waals surface area contributed by atoms with Gasteiger partial charge >= 0.3 is 17.8 Å². The van der Waals surface area contributed by atoms with Crippen molar-refractivity contribution in [3.63, 3.8) is 0 Å². The molecule has 0 aliphatic rings. The fourth-order valence-electron chi connectivity index (χ4n) is 2.62. The molecule has 0 unspecified atom stereocenters. The molecule has 162 valence electrons. The highest BCUT2D eigenvalue weighted by Gasteiger charge is 2.17. The van der Waals surface area contributed by atoms with Gasteiger partial charge in [-0.1, -0.05) is 36.4 Å². The fourth-order valence-corrected chi connectivity index (χ4v) is 3.07. The Kier molecular flexibility index (Phi) is 7.45. The van der Waals surface area contributed by atoms with Crippen LogP contribution in [0.15, 0.2) is 82.4 Å². The average Bonchev–Trinajstić information content (AvgIpc) is 2.79. The molecule has 7 nitrogen and oxygen atoms in total. The first-order valence-corrected chi connectivity index (χ1v) is 10.1. The zero-order chi connectivity index (χ0) is 23.1. The summed E-state index contributed by atoms with van der Waals surface area (Å²) in [5.41, 5.74) is 3.04. The van der Waals surface area contributed by atoms with Gasteiger partial charge in [0.15, 0.2) is 0 Å². The second-order valence-corrected chi connectivity index (χ2v) is 7.29. The Labute approximate surface area is 191 Å². The number of esters is 1. The van der Waals surface area contributed by atoms with Gasteiger partial charge in [0.1, 0.15) is 11.6 Å². The first kappa shape index (κ1) is 22.8. The van der Waals surface area contributed by atoms with Crippen LogP contribution in [0.1, 0.15) is 22.8 Å². The van der Waals surface area contributed by atoms with E-state index in [-0.39, 0.29) is 17.1 Å². The molecule has 0 radical (unpaired) electrons. The highest BCUT2D eigenvalue weighted by molar-refractivity contribution is 9.10. The van der Waals surface area contributed by atoms with Gasteiger partial charge in [-0.25, -0.2) is 14.6 Å². The van der Waals surface area contributed by atoms with Crippen LogP contribution in [0, 0.1) is 5.82 Å². The molecule has 0 aromatic heterocycles. The van der Waals surface area contributed by atoms with E-state index in [0.29, 0.717) is 15.6 Å². The van der Waals surface area contributed by atoms with Crippen LogP contribution in [0.5, 0.6) is 5.75 Å². The van der Waals surface area contributed by atoms with Gasteiger partial charge in [0.2, 0.25) is 0 Å². The molecular weight excluding hydrogens is 481 g/mol. The van der Waals surface area contributed by atoms with E-state index >= 15 is 0 Å². The summed E-state index contributed by atoms with van der Waals surface area (Å²) >= 11 is 3.31. The second kappa shape index (κ2) is 10.5. The van der Waals surface area contributed by atoms with E-state index in [4.69, 9.17) is 4.74 Å². The van der Waals surface area contributed by atoms with Crippen LogP contribution in [-0.2, 0) is 9.59 Å². The van der Waals surface area contributed by atoms with Crippen LogP contribution >= 0.6 is 15.9 Å². The maximum Gasteiger partial charge on any atom is 0.344 e. The quantitative estimate of drug-likeness (QED) is 0.180. The number of hydrogen-bond donors (Lipinski definition) is 2. The number of carbonyl (C=O) groups excluding carboxylic acids is 3. The molecule has 0 saturated heterocycles. The first-order valence-electron chi connectivity index (χ1n) is 9.33. The molecule has 0 fully saturated rings. The summed E-state index contributed by atoms with van der Waals surface area (Å²) < 4.78 is 19.7.